The van der Waals surface area contributed by atoms with Gasteiger partial charge in [0, 0.05) is 11.4 Å². The molecule has 0 saturated carbocycles. The first-order valence-electron chi connectivity index (χ1n) is 7.12. The third kappa shape index (κ3) is 2.78. The molecule has 0 fully saturated rings. The Morgan fingerprint density at radius 1 is 1.25 bits per heavy atom. The van der Waals surface area contributed by atoms with E-state index in [-0.39, 0.29) is 5.91 Å². The van der Waals surface area contributed by atoms with Crippen LogP contribution in [-0.2, 0) is 10.2 Å². The molecular weight excluding hydrogens is 274 g/mol. The van der Waals surface area contributed by atoms with Gasteiger partial charge in [-0.1, -0.05) is 6.07 Å². The van der Waals surface area contributed by atoms with Crippen molar-refractivity contribution < 1.29 is 9.53 Å². The summed E-state index contributed by atoms with van der Waals surface area (Å²) in [6.45, 7) is 6.54. The fourth-order valence-corrected chi connectivity index (χ4v) is 2.72. The Morgan fingerprint density at radius 2 is 2.00 bits per heavy atom. The summed E-state index contributed by atoms with van der Waals surface area (Å²) in [5.74, 6) is 1.55. The highest BCUT2D eigenvalue weighted by molar-refractivity contribution is 6.17. The molecule has 1 aromatic carbocycles. The summed E-state index contributed by atoms with van der Waals surface area (Å²) in [7, 11) is 0. The molecule has 0 aromatic heterocycles. The first-order chi connectivity index (χ1) is 9.48. The van der Waals surface area contributed by atoms with Crippen molar-refractivity contribution >= 4 is 23.2 Å². The van der Waals surface area contributed by atoms with Crippen molar-refractivity contribution in [2.24, 2.45) is 0 Å². The highest BCUT2D eigenvalue weighted by Gasteiger charge is 2.41. The molecule has 0 saturated heterocycles. The van der Waals surface area contributed by atoms with Crippen molar-refractivity contribution in [2.75, 3.05) is 17.8 Å². The maximum absolute atomic E-state index is 12.1. The van der Waals surface area contributed by atoms with Crippen LogP contribution < -0.4 is 10.1 Å². The van der Waals surface area contributed by atoms with Crippen molar-refractivity contribution in [1.82, 2.24) is 0 Å². The van der Waals surface area contributed by atoms with E-state index in [0.717, 1.165) is 41.8 Å². The van der Waals surface area contributed by atoms with E-state index >= 15 is 0 Å². The van der Waals surface area contributed by atoms with E-state index in [4.69, 9.17) is 16.3 Å². The van der Waals surface area contributed by atoms with Gasteiger partial charge < -0.3 is 10.1 Å². The molecule has 1 aromatic rings. The van der Waals surface area contributed by atoms with Gasteiger partial charge in [-0.3, -0.25) is 4.79 Å². The van der Waals surface area contributed by atoms with Gasteiger partial charge in [0.15, 0.2) is 0 Å². The van der Waals surface area contributed by atoms with Gasteiger partial charge >= 0.3 is 0 Å². The number of halogens is 1. The van der Waals surface area contributed by atoms with E-state index in [2.05, 4.69) is 5.32 Å². The van der Waals surface area contributed by atoms with Crippen molar-refractivity contribution in [3.63, 3.8) is 0 Å². The summed E-state index contributed by atoms with van der Waals surface area (Å²) in [4.78, 5) is 12.1. The summed E-state index contributed by atoms with van der Waals surface area (Å²) in [5, 5.41) is 2.97. The molecular formula is C16H22ClNO2. The number of fused-ring (bicyclic) bond motifs is 1. The third-order valence-corrected chi connectivity index (χ3v) is 4.11. The number of rotatable bonds is 6. The van der Waals surface area contributed by atoms with Gasteiger partial charge in [-0.05, 0) is 51.7 Å². The first kappa shape index (κ1) is 15.2. The molecule has 0 unspecified atom stereocenters. The van der Waals surface area contributed by atoms with Gasteiger partial charge in [0.2, 0.25) is 5.91 Å². The highest BCUT2D eigenvalue weighted by Crippen LogP contribution is 2.44. The Kier molecular flexibility index (Phi) is 4.59. The molecule has 2 rings (SSSR count). The fraction of sp³-hybridized carbons (Fsp3) is 0.562. The predicted octanol–water partition coefficient (Wildman–Crippen LogP) is 4.01. The minimum Gasteiger partial charge on any atom is -0.493 e. The zero-order valence-corrected chi connectivity index (χ0v) is 13.1. The van der Waals surface area contributed by atoms with Crippen molar-refractivity contribution in [3.05, 3.63) is 23.3 Å². The normalized spacial score (nSPS) is 15.9. The Bertz CT molecular complexity index is 511. The van der Waals surface area contributed by atoms with Crippen LogP contribution in [0.3, 0.4) is 0 Å². The second-order valence-corrected chi connectivity index (χ2v) is 6.19. The molecule has 1 amide bonds. The molecule has 1 aliphatic heterocycles. The lowest BCUT2D eigenvalue weighted by molar-refractivity contribution is -0.119. The largest absolute Gasteiger partial charge is 0.493 e. The topological polar surface area (TPSA) is 38.3 Å². The van der Waals surface area contributed by atoms with Crippen LogP contribution in [0.25, 0.3) is 0 Å². The SMILES string of the molecule is Cc1ccc(OCCCCCCl)c2c1NC(=O)C2(C)C. The maximum Gasteiger partial charge on any atom is 0.234 e. The first-order valence-corrected chi connectivity index (χ1v) is 7.66. The lowest BCUT2D eigenvalue weighted by atomic mass is 9.85. The molecule has 0 radical (unpaired) electrons. The van der Waals surface area contributed by atoms with E-state index in [9.17, 15) is 4.79 Å². The Balaban J connectivity index is 2.16. The second-order valence-electron chi connectivity index (χ2n) is 5.81. The number of anilines is 1. The number of benzene rings is 1. The number of aryl methyl sites for hydroxylation is 1. The second kappa shape index (κ2) is 6.04. The van der Waals surface area contributed by atoms with Gasteiger partial charge in [0.1, 0.15) is 5.75 Å². The summed E-state index contributed by atoms with van der Waals surface area (Å²) in [6.07, 6.45) is 3.07. The smallest absolute Gasteiger partial charge is 0.234 e. The number of nitrogens with one attached hydrogen (secondary N) is 1. The average molecular weight is 296 g/mol. The molecule has 0 bridgehead atoms. The highest BCUT2D eigenvalue weighted by atomic mass is 35.5. The Labute approximate surface area is 125 Å². The molecule has 0 aliphatic carbocycles. The van der Waals surface area contributed by atoms with Crippen LogP contribution in [0.1, 0.15) is 44.2 Å². The molecule has 0 spiro atoms. The lowest BCUT2D eigenvalue weighted by Gasteiger charge is -2.19. The third-order valence-electron chi connectivity index (χ3n) is 3.84. The number of hydrogen-bond acceptors (Lipinski definition) is 2. The van der Waals surface area contributed by atoms with Crippen LogP contribution >= 0.6 is 11.6 Å². The van der Waals surface area contributed by atoms with E-state index in [1.165, 1.54) is 0 Å². The zero-order chi connectivity index (χ0) is 14.8. The number of carbonyl (C=O) groups is 1. The molecule has 3 nitrogen and oxygen atoms in total. The minimum absolute atomic E-state index is 0.0359. The number of ether oxygens (including phenoxy) is 1. The average Bonchev–Trinajstić information content (AvgIpc) is 2.64. The summed E-state index contributed by atoms with van der Waals surface area (Å²) in [6, 6.07) is 3.96. The zero-order valence-electron chi connectivity index (χ0n) is 12.4. The molecule has 110 valence electrons. The van der Waals surface area contributed by atoms with Gasteiger partial charge in [0.05, 0.1) is 17.7 Å². The number of hydrogen-bond donors (Lipinski definition) is 1. The van der Waals surface area contributed by atoms with Crippen LogP contribution in [0.15, 0.2) is 12.1 Å². The standard InChI is InChI=1S/C16H22ClNO2/c1-11-7-8-12(20-10-6-4-5-9-17)13-14(11)18-15(19)16(13,2)3/h7-8H,4-6,9-10H2,1-3H3,(H,18,19). The fourth-order valence-electron chi connectivity index (χ4n) is 2.53. The molecule has 20 heavy (non-hydrogen) atoms. The number of amides is 1. The van der Waals surface area contributed by atoms with E-state index in [0.29, 0.717) is 12.5 Å². The van der Waals surface area contributed by atoms with Gasteiger partial charge in [-0.2, -0.15) is 0 Å². The van der Waals surface area contributed by atoms with Crippen molar-refractivity contribution in [1.29, 1.82) is 0 Å². The molecule has 0 atom stereocenters. The predicted molar refractivity (Wildman–Crippen MR) is 82.9 cm³/mol. The summed E-state index contributed by atoms with van der Waals surface area (Å²) >= 11 is 5.66. The molecule has 1 aliphatic rings. The monoisotopic (exact) mass is 295 g/mol. The molecule has 4 heteroatoms. The summed E-state index contributed by atoms with van der Waals surface area (Å²) in [5.41, 5.74) is 2.44. The number of carbonyl (C=O) groups excluding carboxylic acids is 1. The van der Waals surface area contributed by atoms with E-state index in [1.54, 1.807) is 0 Å². The Morgan fingerprint density at radius 3 is 2.70 bits per heavy atom. The van der Waals surface area contributed by atoms with Crippen molar-refractivity contribution in [3.8, 4) is 5.75 Å². The lowest BCUT2D eigenvalue weighted by Crippen LogP contribution is -2.27. The van der Waals surface area contributed by atoms with Gasteiger partial charge in [-0.25, -0.2) is 0 Å². The Hall–Kier alpha value is -1.22. The van der Waals surface area contributed by atoms with Gasteiger partial charge in [-0.15, -0.1) is 11.6 Å². The number of alkyl halides is 1. The maximum atomic E-state index is 12.1. The molecule has 1 heterocycles. The summed E-state index contributed by atoms with van der Waals surface area (Å²) < 4.78 is 5.90. The van der Waals surface area contributed by atoms with Crippen LogP contribution in [0.2, 0.25) is 0 Å². The quantitative estimate of drug-likeness (QED) is 0.636. The molecule has 1 N–H and O–H groups in total. The van der Waals surface area contributed by atoms with Crippen LogP contribution in [0.4, 0.5) is 5.69 Å². The minimum atomic E-state index is -0.535. The van der Waals surface area contributed by atoms with Crippen LogP contribution in [-0.4, -0.2) is 18.4 Å². The van der Waals surface area contributed by atoms with Crippen molar-refractivity contribution in [2.45, 2.75) is 45.4 Å². The van der Waals surface area contributed by atoms with Gasteiger partial charge in [0.25, 0.3) is 0 Å². The van der Waals surface area contributed by atoms with E-state index < -0.39 is 5.41 Å². The van der Waals surface area contributed by atoms with Crippen LogP contribution in [0, 0.1) is 6.92 Å². The number of unbranched alkanes of at least 4 members (excludes halogenated alkanes) is 2. The van der Waals surface area contributed by atoms with Crippen LogP contribution in [0.5, 0.6) is 5.75 Å². The van der Waals surface area contributed by atoms with E-state index in [1.807, 2.05) is 32.9 Å².